The number of hydrogen-bond donors (Lipinski definition) is 1. The molecule has 6 nitrogen and oxygen atoms in total. The summed E-state index contributed by atoms with van der Waals surface area (Å²) in [5, 5.41) is 3.59. The van der Waals surface area contributed by atoms with Crippen LogP contribution in [0.25, 0.3) is 0 Å². The molecule has 0 spiro atoms. The molecular formula is C21H26N4O2. The molecule has 2 aliphatic rings. The Morgan fingerprint density at radius 3 is 2.74 bits per heavy atom. The van der Waals surface area contributed by atoms with Crippen molar-refractivity contribution in [2.75, 3.05) is 17.3 Å². The first-order valence-electron chi connectivity index (χ1n) is 9.53. The number of carbonyl (C=O) groups excluding carboxylic acids is 1. The van der Waals surface area contributed by atoms with Crippen molar-refractivity contribution in [1.82, 2.24) is 9.97 Å². The second-order valence-corrected chi connectivity index (χ2v) is 7.69. The van der Waals surface area contributed by atoms with E-state index in [0.717, 1.165) is 17.1 Å². The number of hydrogen-bond acceptors (Lipinski definition) is 5. The Morgan fingerprint density at radius 1 is 1.30 bits per heavy atom. The molecule has 0 saturated heterocycles. The zero-order valence-corrected chi connectivity index (χ0v) is 16.3. The van der Waals surface area contributed by atoms with Gasteiger partial charge in [0.2, 0.25) is 5.91 Å². The van der Waals surface area contributed by atoms with Crippen molar-refractivity contribution in [2.45, 2.75) is 45.7 Å². The van der Waals surface area contributed by atoms with Crippen LogP contribution in [0, 0.1) is 18.8 Å². The van der Waals surface area contributed by atoms with Gasteiger partial charge in [-0.05, 0) is 43.4 Å². The van der Waals surface area contributed by atoms with Gasteiger partial charge in [0.15, 0.2) is 0 Å². The lowest BCUT2D eigenvalue weighted by Gasteiger charge is -2.46. The van der Waals surface area contributed by atoms with E-state index in [9.17, 15) is 4.79 Å². The van der Waals surface area contributed by atoms with Crippen molar-refractivity contribution < 1.29 is 9.53 Å². The van der Waals surface area contributed by atoms with E-state index in [1.165, 1.54) is 18.4 Å². The molecule has 3 atom stereocenters. The van der Waals surface area contributed by atoms with E-state index in [-0.39, 0.29) is 23.9 Å². The molecule has 1 fully saturated rings. The topological polar surface area (TPSA) is 67.3 Å². The summed E-state index contributed by atoms with van der Waals surface area (Å²) in [6, 6.07) is 8.83. The van der Waals surface area contributed by atoms with Crippen molar-refractivity contribution in [3.05, 3.63) is 41.6 Å². The predicted octanol–water partition coefficient (Wildman–Crippen LogP) is 3.73. The minimum absolute atomic E-state index is 0.0701. The van der Waals surface area contributed by atoms with Crippen LogP contribution >= 0.6 is 0 Å². The molecule has 1 aliphatic heterocycles. The molecule has 1 saturated carbocycles. The first-order chi connectivity index (χ1) is 13.0. The molecular weight excluding hydrogens is 340 g/mol. The Bertz CT molecular complexity index is 865. The third-order valence-electron chi connectivity index (χ3n) is 5.70. The maximum atomic E-state index is 12.6. The molecule has 142 valence electrons. The summed E-state index contributed by atoms with van der Waals surface area (Å²) in [5.41, 5.74) is 3.34. The van der Waals surface area contributed by atoms with E-state index in [1.54, 1.807) is 20.2 Å². The molecule has 27 heavy (non-hydrogen) atoms. The maximum absolute atomic E-state index is 12.6. The van der Waals surface area contributed by atoms with E-state index in [4.69, 9.17) is 4.74 Å². The summed E-state index contributed by atoms with van der Waals surface area (Å²) in [4.78, 5) is 23.1. The number of anilines is 2. The zero-order chi connectivity index (χ0) is 19.1. The van der Waals surface area contributed by atoms with E-state index in [1.807, 2.05) is 11.0 Å². The van der Waals surface area contributed by atoms with Crippen molar-refractivity contribution in [2.24, 2.45) is 11.8 Å². The van der Waals surface area contributed by atoms with E-state index in [0.29, 0.717) is 11.9 Å². The number of aryl methyl sites for hydroxylation is 1. The highest BCUT2D eigenvalue weighted by atomic mass is 16.5. The van der Waals surface area contributed by atoms with Crippen molar-refractivity contribution in [1.29, 1.82) is 0 Å². The van der Waals surface area contributed by atoms with Crippen LogP contribution in [-0.4, -0.2) is 29.0 Å². The first kappa shape index (κ1) is 17.8. The molecule has 2 aromatic rings. The van der Waals surface area contributed by atoms with Gasteiger partial charge in [0.05, 0.1) is 13.2 Å². The smallest absolute Gasteiger partial charge is 0.318 e. The second kappa shape index (κ2) is 6.83. The van der Waals surface area contributed by atoms with Crippen molar-refractivity contribution in [3.63, 3.8) is 0 Å². The Kier molecular flexibility index (Phi) is 4.50. The van der Waals surface area contributed by atoms with Crippen molar-refractivity contribution >= 4 is 17.4 Å². The lowest BCUT2D eigenvalue weighted by Crippen LogP contribution is -2.51. The number of ether oxygens (including phenoxy) is 1. The molecule has 1 amide bonds. The molecule has 1 aromatic heterocycles. The number of aromatic nitrogens is 2. The van der Waals surface area contributed by atoms with Gasteiger partial charge in [-0.25, -0.2) is 4.98 Å². The van der Waals surface area contributed by atoms with Gasteiger partial charge in [-0.2, -0.15) is 4.98 Å². The van der Waals surface area contributed by atoms with Gasteiger partial charge in [-0.3, -0.25) is 4.79 Å². The summed E-state index contributed by atoms with van der Waals surface area (Å²) in [6.45, 7) is 6.00. The fourth-order valence-corrected chi connectivity index (χ4v) is 4.36. The van der Waals surface area contributed by atoms with Gasteiger partial charge in [-0.1, -0.05) is 24.6 Å². The minimum Gasteiger partial charge on any atom is -0.467 e. The number of rotatable bonds is 4. The van der Waals surface area contributed by atoms with Crippen LogP contribution in [0.15, 0.2) is 30.5 Å². The van der Waals surface area contributed by atoms with E-state index < -0.39 is 0 Å². The number of amides is 1. The van der Waals surface area contributed by atoms with Crippen LogP contribution in [0.3, 0.4) is 0 Å². The monoisotopic (exact) mass is 366 g/mol. The molecule has 0 unspecified atom stereocenters. The molecule has 1 aliphatic carbocycles. The average Bonchev–Trinajstić information content (AvgIpc) is 3.48. The second-order valence-electron chi connectivity index (χ2n) is 7.69. The third-order valence-corrected chi connectivity index (χ3v) is 5.70. The average molecular weight is 366 g/mol. The SMILES string of the molecule is COc1nccc(N[C@H]2c3cc(C)ccc3N(C(C)=O)[C@@H](C3CC3)[C@@H]2C)n1. The Hall–Kier alpha value is -2.63. The Morgan fingerprint density at radius 2 is 2.07 bits per heavy atom. The molecule has 1 N–H and O–H groups in total. The highest BCUT2D eigenvalue weighted by Crippen LogP contribution is 2.50. The number of methoxy groups -OCH3 is 1. The van der Waals surface area contributed by atoms with Crippen molar-refractivity contribution in [3.8, 4) is 6.01 Å². The van der Waals surface area contributed by atoms with Crippen LogP contribution in [-0.2, 0) is 4.79 Å². The molecule has 1 aromatic carbocycles. The van der Waals surface area contributed by atoms with Crippen LogP contribution in [0.1, 0.15) is 43.9 Å². The quantitative estimate of drug-likeness (QED) is 0.893. The number of nitrogens with zero attached hydrogens (tertiary/aromatic N) is 3. The number of fused-ring (bicyclic) bond motifs is 1. The van der Waals surface area contributed by atoms with E-state index in [2.05, 4.69) is 47.3 Å². The van der Waals surface area contributed by atoms with Crippen LogP contribution in [0.4, 0.5) is 11.5 Å². The third kappa shape index (κ3) is 3.24. The van der Waals surface area contributed by atoms with Crippen LogP contribution in [0.5, 0.6) is 6.01 Å². The molecule has 6 heteroatoms. The maximum Gasteiger partial charge on any atom is 0.318 e. The fourth-order valence-electron chi connectivity index (χ4n) is 4.36. The van der Waals surface area contributed by atoms with Gasteiger partial charge in [-0.15, -0.1) is 0 Å². The summed E-state index contributed by atoms with van der Waals surface area (Å²) in [7, 11) is 1.56. The van der Waals surface area contributed by atoms with Gasteiger partial charge in [0.25, 0.3) is 0 Å². The summed E-state index contributed by atoms with van der Waals surface area (Å²) in [5.74, 6) is 1.68. The van der Waals surface area contributed by atoms with Gasteiger partial charge in [0, 0.05) is 30.8 Å². The fraction of sp³-hybridized carbons (Fsp3) is 0.476. The lowest BCUT2D eigenvalue weighted by atomic mass is 9.79. The Labute approximate surface area is 160 Å². The molecule has 2 heterocycles. The van der Waals surface area contributed by atoms with Crippen LogP contribution in [0.2, 0.25) is 0 Å². The van der Waals surface area contributed by atoms with Gasteiger partial charge in [0.1, 0.15) is 5.82 Å². The van der Waals surface area contributed by atoms with Crippen LogP contribution < -0.4 is 15.0 Å². The predicted molar refractivity (Wildman–Crippen MR) is 105 cm³/mol. The van der Waals surface area contributed by atoms with Gasteiger partial charge >= 0.3 is 6.01 Å². The van der Waals surface area contributed by atoms with E-state index >= 15 is 0 Å². The normalized spacial score (nSPS) is 24.3. The number of carbonyl (C=O) groups is 1. The van der Waals surface area contributed by atoms with Gasteiger partial charge < -0.3 is 15.0 Å². The first-order valence-corrected chi connectivity index (χ1v) is 9.53. The highest BCUT2D eigenvalue weighted by Gasteiger charge is 2.47. The minimum atomic E-state index is 0.0701. The highest BCUT2D eigenvalue weighted by molar-refractivity contribution is 5.94. The largest absolute Gasteiger partial charge is 0.467 e. The molecule has 0 bridgehead atoms. The number of benzene rings is 1. The molecule has 0 radical (unpaired) electrons. The Balaban J connectivity index is 1.78. The summed E-state index contributed by atoms with van der Waals surface area (Å²) < 4.78 is 5.16. The standard InChI is InChI=1S/C21H26N4O2/c1-12-5-8-17-16(11-12)19(23-18-9-10-22-21(24-18)27-4)13(2)20(15-6-7-15)25(17)14(3)26/h5,8-11,13,15,19-20H,6-7H2,1-4H3,(H,22,23,24)/t13-,19-,20-/m1/s1. The lowest BCUT2D eigenvalue weighted by molar-refractivity contribution is -0.117. The number of nitrogens with one attached hydrogen (secondary N) is 1. The molecule has 4 rings (SSSR count). The summed E-state index contributed by atoms with van der Waals surface area (Å²) in [6.07, 6.45) is 4.07. The summed E-state index contributed by atoms with van der Waals surface area (Å²) >= 11 is 0. The zero-order valence-electron chi connectivity index (χ0n) is 16.3.